The second-order valence-electron chi connectivity index (χ2n) is 3.00. The van der Waals surface area contributed by atoms with Crippen LogP contribution in [0.4, 0.5) is 0 Å². The van der Waals surface area contributed by atoms with Crippen molar-refractivity contribution in [1.29, 1.82) is 0 Å². The Morgan fingerprint density at radius 3 is 2.14 bits per heavy atom. The number of rotatable bonds is 2. The van der Waals surface area contributed by atoms with E-state index in [4.69, 9.17) is 5.11 Å². The van der Waals surface area contributed by atoms with Gasteiger partial charge in [-0.15, -0.1) is 0 Å². The molecule has 0 amide bonds. The first kappa shape index (κ1) is 13.1. The van der Waals surface area contributed by atoms with Crippen molar-refractivity contribution in [1.82, 2.24) is 9.97 Å². The number of aliphatic carboxylic acids is 1. The van der Waals surface area contributed by atoms with Crippen molar-refractivity contribution in [3.05, 3.63) is 22.8 Å². The Labute approximate surface area is 94.9 Å². The standard InChI is InChI=1S/C9H12N2O2.Li.H/c1-5-6(2)11-8(4-9(12)13)7(3)10-5;;/h4H2,1-3H3,(H,12,13);;. The molecule has 0 bridgehead atoms. The van der Waals surface area contributed by atoms with Gasteiger partial charge < -0.3 is 5.11 Å². The molecule has 0 radical (unpaired) electrons. The number of aryl methyl sites for hydroxylation is 3. The summed E-state index contributed by atoms with van der Waals surface area (Å²) in [5.74, 6) is -0.874. The number of carboxylic acids is 1. The van der Waals surface area contributed by atoms with Crippen molar-refractivity contribution < 1.29 is 9.90 Å². The van der Waals surface area contributed by atoms with Crippen molar-refractivity contribution in [3.8, 4) is 0 Å². The Bertz CT molecular complexity index is 353. The molecule has 0 atom stereocenters. The quantitative estimate of drug-likeness (QED) is 0.681. The van der Waals surface area contributed by atoms with Crippen molar-refractivity contribution in [2.24, 2.45) is 0 Å². The second kappa shape index (κ2) is 5.13. The van der Waals surface area contributed by atoms with Crippen molar-refractivity contribution >= 4 is 24.8 Å². The van der Waals surface area contributed by atoms with E-state index in [1.165, 1.54) is 0 Å². The van der Waals surface area contributed by atoms with Crippen LogP contribution in [0, 0.1) is 20.8 Å². The van der Waals surface area contributed by atoms with Crippen LogP contribution in [0.5, 0.6) is 0 Å². The average Bonchev–Trinajstić information content (AvgIpc) is 1.99. The molecule has 1 rings (SSSR count). The van der Waals surface area contributed by atoms with Gasteiger partial charge in [0.05, 0.1) is 29.2 Å². The summed E-state index contributed by atoms with van der Waals surface area (Å²) in [5, 5.41) is 8.58. The minimum absolute atomic E-state index is 0. The molecule has 14 heavy (non-hydrogen) atoms. The summed E-state index contributed by atoms with van der Waals surface area (Å²) in [6.07, 6.45) is -0.0556. The first-order valence-electron chi connectivity index (χ1n) is 4.03. The zero-order chi connectivity index (χ0) is 10.0. The van der Waals surface area contributed by atoms with Gasteiger partial charge in [0.25, 0.3) is 0 Å². The summed E-state index contributed by atoms with van der Waals surface area (Å²) in [6.45, 7) is 5.46. The third kappa shape index (κ3) is 3.13. The molecule has 0 spiro atoms. The molecule has 0 saturated carbocycles. The number of carboxylic acid groups (broad SMARTS) is 1. The van der Waals surface area contributed by atoms with Crippen LogP contribution in [0.3, 0.4) is 0 Å². The van der Waals surface area contributed by atoms with Gasteiger partial charge in [0.2, 0.25) is 0 Å². The Morgan fingerprint density at radius 2 is 1.64 bits per heavy atom. The Balaban J connectivity index is 0.00000169. The maximum absolute atomic E-state index is 10.4. The third-order valence-corrected chi connectivity index (χ3v) is 1.90. The van der Waals surface area contributed by atoms with Crippen LogP contribution in [0.1, 0.15) is 22.8 Å². The molecule has 1 aromatic rings. The number of carbonyl (C=O) groups is 1. The molecule has 72 valence electrons. The summed E-state index contributed by atoms with van der Waals surface area (Å²) in [4.78, 5) is 18.8. The molecule has 0 aliphatic carbocycles. The normalized spacial score (nSPS) is 9.36. The van der Waals surface area contributed by atoms with Crippen molar-refractivity contribution in [2.45, 2.75) is 27.2 Å². The Kier molecular flexibility index (Phi) is 4.82. The van der Waals surface area contributed by atoms with Gasteiger partial charge in [0, 0.05) is 0 Å². The van der Waals surface area contributed by atoms with Gasteiger partial charge >= 0.3 is 24.8 Å². The fraction of sp³-hybridized carbons (Fsp3) is 0.444. The molecule has 0 aliphatic heterocycles. The predicted octanol–water partition coefficient (Wildman–Crippen LogP) is 0.380. The fourth-order valence-corrected chi connectivity index (χ4v) is 1.07. The molecule has 1 heterocycles. The Morgan fingerprint density at radius 1 is 1.14 bits per heavy atom. The predicted molar refractivity (Wildman–Crippen MR) is 54.7 cm³/mol. The van der Waals surface area contributed by atoms with Crippen LogP contribution in [0.25, 0.3) is 0 Å². The molecule has 0 saturated heterocycles. The van der Waals surface area contributed by atoms with Gasteiger partial charge in [-0.25, -0.2) is 0 Å². The van der Waals surface area contributed by atoms with E-state index in [9.17, 15) is 4.79 Å². The van der Waals surface area contributed by atoms with Gasteiger partial charge in [-0.2, -0.15) is 0 Å². The van der Waals surface area contributed by atoms with E-state index in [1.807, 2.05) is 13.8 Å². The molecule has 1 aromatic heterocycles. The van der Waals surface area contributed by atoms with Gasteiger partial charge in [0.1, 0.15) is 0 Å². The molecular weight excluding hydrogens is 175 g/mol. The van der Waals surface area contributed by atoms with Gasteiger partial charge in [-0.3, -0.25) is 14.8 Å². The van der Waals surface area contributed by atoms with Crippen LogP contribution in [0.2, 0.25) is 0 Å². The van der Waals surface area contributed by atoms with E-state index in [1.54, 1.807) is 6.92 Å². The maximum atomic E-state index is 10.4. The van der Waals surface area contributed by atoms with Crippen LogP contribution < -0.4 is 0 Å². The first-order chi connectivity index (χ1) is 6.00. The molecule has 0 aromatic carbocycles. The molecule has 0 fully saturated rings. The van der Waals surface area contributed by atoms with Crippen LogP contribution in [-0.4, -0.2) is 39.9 Å². The molecular formula is C9H13LiN2O2. The topological polar surface area (TPSA) is 63.1 Å². The molecule has 1 N–H and O–H groups in total. The first-order valence-corrected chi connectivity index (χ1v) is 4.03. The summed E-state index contributed by atoms with van der Waals surface area (Å²) < 4.78 is 0. The van der Waals surface area contributed by atoms with Crippen LogP contribution >= 0.6 is 0 Å². The van der Waals surface area contributed by atoms with E-state index >= 15 is 0 Å². The zero-order valence-electron chi connectivity index (χ0n) is 7.96. The monoisotopic (exact) mass is 188 g/mol. The van der Waals surface area contributed by atoms with E-state index in [0.717, 1.165) is 11.4 Å². The molecule has 0 unspecified atom stereocenters. The van der Waals surface area contributed by atoms with E-state index in [-0.39, 0.29) is 25.3 Å². The molecule has 5 heteroatoms. The minimum atomic E-state index is -0.874. The number of hydrogen-bond acceptors (Lipinski definition) is 3. The zero-order valence-corrected chi connectivity index (χ0v) is 7.96. The van der Waals surface area contributed by atoms with Crippen molar-refractivity contribution in [3.63, 3.8) is 0 Å². The van der Waals surface area contributed by atoms with Gasteiger partial charge in [0.15, 0.2) is 0 Å². The summed E-state index contributed by atoms with van der Waals surface area (Å²) in [5.41, 5.74) is 2.90. The van der Waals surface area contributed by atoms with Crippen LogP contribution in [0.15, 0.2) is 0 Å². The summed E-state index contributed by atoms with van der Waals surface area (Å²) in [7, 11) is 0. The molecule has 0 aliphatic rings. The average molecular weight is 188 g/mol. The van der Waals surface area contributed by atoms with Gasteiger partial charge in [-0.1, -0.05) is 0 Å². The van der Waals surface area contributed by atoms with Crippen LogP contribution in [-0.2, 0) is 11.2 Å². The SMILES string of the molecule is Cc1nc(C)c(CC(=O)O)nc1C.[LiH]. The fourth-order valence-electron chi connectivity index (χ4n) is 1.07. The number of aromatic nitrogens is 2. The van der Waals surface area contributed by atoms with Gasteiger partial charge in [-0.05, 0) is 20.8 Å². The third-order valence-electron chi connectivity index (χ3n) is 1.90. The van der Waals surface area contributed by atoms with E-state index < -0.39 is 5.97 Å². The molecule has 4 nitrogen and oxygen atoms in total. The van der Waals surface area contributed by atoms with E-state index in [2.05, 4.69) is 9.97 Å². The van der Waals surface area contributed by atoms with E-state index in [0.29, 0.717) is 11.4 Å². The summed E-state index contributed by atoms with van der Waals surface area (Å²) in [6, 6.07) is 0. The summed E-state index contributed by atoms with van der Waals surface area (Å²) >= 11 is 0. The second-order valence-corrected chi connectivity index (χ2v) is 3.00. The number of nitrogens with zero attached hydrogens (tertiary/aromatic N) is 2. The number of hydrogen-bond donors (Lipinski definition) is 1. The van der Waals surface area contributed by atoms with Crippen molar-refractivity contribution in [2.75, 3.05) is 0 Å². The Hall–Kier alpha value is -0.853.